The van der Waals surface area contributed by atoms with Crippen LogP contribution in [0.15, 0.2) is 53.6 Å². The van der Waals surface area contributed by atoms with Crippen LogP contribution in [-0.4, -0.2) is 89.9 Å². The summed E-state index contributed by atoms with van der Waals surface area (Å²) in [6, 6.07) is 6.70. The summed E-state index contributed by atoms with van der Waals surface area (Å²) in [5.74, 6) is 0.178. The number of anilines is 1. The van der Waals surface area contributed by atoms with E-state index in [1.165, 1.54) is 28.2 Å². The minimum absolute atomic E-state index is 0.0355. The molecular formula is C28H33N5O2S. The fourth-order valence-corrected chi connectivity index (χ4v) is 6.39. The number of allylic oxidation sites excluding steroid dienone is 3. The van der Waals surface area contributed by atoms with Crippen molar-refractivity contribution < 1.29 is 9.59 Å². The van der Waals surface area contributed by atoms with Gasteiger partial charge in [0.1, 0.15) is 0 Å². The number of aryl methyl sites for hydroxylation is 1. The molecule has 0 N–H and O–H groups in total. The van der Waals surface area contributed by atoms with Gasteiger partial charge in [-0.1, -0.05) is 23.8 Å². The fraction of sp³-hybridized carbons (Fsp3) is 0.464. The molecular weight excluding hydrogens is 470 g/mol. The number of amides is 2. The maximum absolute atomic E-state index is 13.2. The molecule has 0 radical (unpaired) electrons. The van der Waals surface area contributed by atoms with Crippen LogP contribution < -0.4 is 4.90 Å². The van der Waals surface area contributed by atoms with E-state index >= 15 is 0 Å². The molecule has 3 aliphatic heterocycles. The van der Waals surface area contributed by atoms with E-state index in [0.717, 1.165) is 83.6 Å². The molecule has 4 heterocycles. The van der Waals surface area contributed by atoms with Gasteiger partial charge in [-0.25, -0.2) is 4.98 Å². The van der Waals surface area contributed by atoms with Crippen molar-refractivity contribution >= 4 is 28.8 Å². The molecule has 1 aromatic carbocycles. The van der Waals surface area contributed by atoms with Crippen LogP contribution in [0.25, 0.3) is 0 Å². The Labute approximate surface area is 216 Å². The zero-order chi connectivity index (χ0) is 24.5. The van der Waals surface area contributed by atoms with Crippen molar-refractivity contribution in [2.75, 3.05) is 57.3 Å². The Morgan fingerprint density at radius 3 is 2.61 bits per heavy atom. The SMILES string of the molecule is O=C(c1ccc2c(c1)CCCN2CC1=CC=CCC1)N1CC(N2CCN(C(=O)c3nccs3)CC2)C1. The van der Waals surface area contributed by atoms with E-state index < -0.39 is 0 Å². The van der Waals surface area contributed by atoms with Gasteiger partial charge in [0.15, 0.2) is 5.01 Å². The third-order valence-electron chi connectivity index (χ3n) is 7.92. The Balaban J connectivity index is 1.02. The minimum Gasteiger partial charge on any atom is -0.367 e. The molecule has 0 unspecified atom stereocenters. The summed E-state index contributed by atoms with van der Waals surface area (Å²) < 4.78 is 0. The van der Waals surface area contributed by atoms with E-state index in [4.69, 9.17) is 0 Å². The van der Waals surface area contributed by atoms with Crippen molar-refractivity contribution in [3.8, 4) is 0 Å². The van der Waals surface area contributed by atoms with E-state index in [9.17, 15) is 9.59 Å². The predicted octanol–water partition coefficient (Wildman–Crippen LogP) is 3.45. The second kappa shape index (κ2) is 10.2. The monoisotopic (exact) mass is 503 g/mol. The van der Waals surface area contributed by atoms with Crippen molar-refractivity contribution in [2.24, 2.45) is 0 Å². The molecule has 0 bridgehead atoms. The summed E-state index contributed by atoms with van der Waals surface area (Å²) in [6.45, 7) is 6.75. The van der Waals surface area contributed by atoms with E-state index in [1.807, 2.05) is 21.2 Å². The number of thiazole rings is 1. The van der Waals surface area contributed by atoms with Crippen LogP contribution >= 0.6 is 11.3 Å². The zero-order valence-electron chi connectivity index (χ0n) is 20.6. The number of aromatic nitrogens is 1. The number of carbonyl (C=O) groups excluding carboxylic acids is 2. The molecule has 188 valence electrons. The summed E-state index contributed by atoms with van der Waals surface area (Å²) >= 11 is 1.40. The van der Waals surface area contributed by atoms with Gasteiger partial charge in [-0.3, -0.25) is 14.5 Å². The summed E-state index contributed by atoms with van der Waals surface area (Å²) in [6.07, 6.45) is 12.8. The quantitative estimate of drug-likeness (QED) is 0.626. The van der Waals surface area contributed by atoms with E-state index in [0.29, 0.717) is 11.0 Å². The van der Waals surface area contributed by atoms with Crippen molar-refractivity contribution in [2.45, 2.75) is 31.7 Å². The maximum Gasteiger partial charge on any atom is 0.282 e. The van der Waals surface area contributed by atoms with E-state index in [2.05, 4.69) is 45.1 Å². The highest BCUT2D eigenvalue weighted by Crippen LogP contribution is 2.31. The highest BCUT2D eigenvalue weighted by Gasteiger charge is 2.37. The number of piperazine rings is 1. The molecule has 1 aliphatic carbocycles. The minimum atomic E-state index is 0.0355. The lowest BCUT2D eigenvalue weighted by molar-refractivity contribution is 0.00852. The number of likely N-dealkylation sites (tertiary alicyclic amines) is 1. The first-order chi connectivity index (χ1) is 17.7. The van der Waals surface area contributed by atoms with Gasteiger partial charge in [-0.05, 0) is 49.4 Å². The third kappa shape index (κ3) is 4.72. The van der Waals surface area contributed by atoms with Gasteiger partial charge in [0, 0.05) is 81.2 Å². The van der Waals surface area contributed by atoms with Crippen LogP contribution in [0.1, 0.15) is 45.0 Å². The lowest BCUT2D eigenvalue weighted by Crippen LogP contribution is -2.64. The summed E-state index contributed by atoms with van der Waals surface area (Å²) in [5, 5.41) is 2.41. The van der Waals surface area contributed by atoms with Gasteiger partial charge >= 0.3 is 0 Å². The average molecular weight is 504 g/mol. The number of carbonyl (C=O) groups is 2. The lowest BCUT2D eigenvalue weighted by atomic mass is 9.96. The molecule has 7 nitrogen and oxygen atoms in total. The Morgan fingerprint density at radius 1 is 1.00 bits per heavy atom. The van der Waals surface area contributed by atoms with Crippen LogP contribution in [-0.2, 0) is 6.42 Å². The van der Waals surface area contributed by atoms with E-state index in [-0.39, 0.29) is 11.8 Å². The summed E-state index contributed by atoms with van der Waals surface area (Å²) in [7, 11) is 0. The Hall–Kier alpha value is -2.97. The molecule has 2 aromatic rings. The highest BCUT2D eigenvalue weighted by molar-refractivity contribution is 7.11. The van der Waals surface area contributed by atoms with Crippen molar-refractivity contribution in [1.29, 1.82) is 0 Å². The molecule has 2 saturated heterocycles. The number of fused-ring (bicyclic) bond motifs is 1. The molecule has 2 amide bonds. The van der Waals surface area contributed by atoms with Gasteiger partial charge in [0.25, 0.3) is 11.8 Å². The van der Waals surface area contributed by atoms with Crippen molar-refractivity contribution in [3.05, 3.63) is 69.7 Å². The zero-order valence-corrected chi connectivity index (χ0v) is 21.5. The van der Waals surface area contributed by atoms with Crippen molar-refractivity contribution in [1.82, 2.24) is 19.7 Å². The van der Waals surface area contributed by atoms with Crippen LogP contribution in [0.2, 0.25) is 0 Å². The molecule has 4 aliphatic rings. The normalized spacial score (nSPS) is 20.7. The van der Waals surface area contributed by atoms with Gasteiger partial charge in [0.2, 0.25) is 0 Å². The smallest absolute Gasteiger partial charge is 0.282 e. The van der Waals surface area contributed by atoms with Gasteiger partial charge in [-0.15, -0.1) is 11.3 Å². The molecule has 0 atom stereocenters. The molecule has 8 heteroatoms. The topological polar surface area (TPSA) is 60.0 Å². The third-order valence-corrected chi connectivity index (χ3v) is 8.68. The fourth-order valence-electron chi connectivity index (χ4n) is 5.79. The number of benzene rings is 1. The van der Waals surface area contributed by atoms with Gasteiger partial charge in [0.05, 0.1) is 0 Å². The molecule has 1 aromatic heterocycles. The van der Waals surface area contributed by atoms with Crippen LogP contribution in [0, 0.1) is 0 Å². The van der Waals surface area contributed by atoms with Crippen molar-refractivity contribution in [3.63, 3.8) is 0 Å². The lowest BCUT2D eigenvalue weighted by Gasteiger charge is -2.48. The number of nitrogens with zero attached hydrogens (tertiary/aromatic N) is 5. The first-order valence-electron chi connectivity index (χ1n) is 13.1. The largest absolute Gasteiger partial charge is 0.367 e. The second-order valence-corrected chi connectivity index (χ2v) is 11.1. The Bertz CT molecular complexity index is 1180. The van der Waals surface area contributed by atoms with E-state index in [1.54, 1.807) is 6.20 Å². The maximum atomic E-state index is 13.2. The Morgan fingerprint density at radius 2 is 1.86 bits per heavy atom. The summed E-state index contributed by atoms with van der Waals surface area (Å²) in [4.78, 5) is 38.7. The standard InChI is InChI=1S/C28H33N5O2S/c34-27(23-8-9-25-22(17-23)7-4-11-32(25)18-21-5-2-1-3-6-21)33-19-24(20-33)30-12-14-31(15-13-30)28(35)26-29-10-16-36-26/h1-2,5,8-10,16-17,24H,3-4,6-7,11-15,18-20H2. The van der Waals surface area contributed by atoms with Crippen LogP contribution in [0.3, 0.4) is 0 Å². The average Bonchev–Trinajstić information content (AvgIpc) is 3.43. The Kier molecular flexibility index (Phi) is 6.63. The number of hydrogen-bond acceptors (Lipinski definition) is 6. The van der Waals surface area contributed by atoms with Gasteiger partial charge in [-0.2, -0.15) is 0 Å². The molecule has 36 heavy (non-hydrogen) atoms. The predicted molar refractivity (Wildman–Crippen MR) is 143 cm³/mol. The second-order valence-electron chi connectivity index (χ2n) is 10.2. The van der Waals surface area contributed by atoms with Crippen LogP contribution in [0.5, 0.6) is 0 Å². The van der Waals surface area contributed by atoms with Gasteiger partial charge < -0.3 is 14.7 Å². The number of hydrogen-bond donors (Lipinski definition) is 0. The highest BCUT2D eigenvalue weighted by atomic mass is 32.1. The first kappa shape index (κ1) is 23.4. The molecule has 6 rings (SSSR count). The summed E-state index contributed by atoms with van der Waals surface area (Å²) in [5.41, 5.74) is 4.90. The molecule has 0 spiro atoms. The first-order valence-corrected chi connectivity index (χ1v) is 14.0. The van der Waals surface area contributed by atoms with Crippen LogP contribution in [0.4, 0.5) is 5.69 Å². The molecule has 0 saturated carbocycles. The molecule has 2 fully saturated rings. The number of rotatable bonds is 5.